The number of nitrogens with one attached hydrogen (secondary N) is 1. The minimum atomic E-state index is 0.157. The lowest BCUT2D eigenvalue weighted by molar-refractivity contribution is -0.122. The van der Waals surface area contributed by atoms with Gasteiger partial charge in [-0.15, -0.1) is 0 Å². The third-order valence-electron chi connectivity index (χ3n) is 4.16. The van der Waals surface area contributed by atoms with E-state index in [1.54, 1.807) is 0 Å². The molecule has 1 aliphatic heterocycles. The second-order valence-electron chi connectivity index (χ2n) is 5.95. The molecule has 1 aromatic rings. The molecule has 3 rings (SSSR count). The standard InChI is InChI=1S/C15H23N5O/c16-14-4-3-13(10-17-14)20-7-5-19(6-8-20)11-15(21)18-9-12-1-2-12/h3-4,10,12H,1-2,5-9,11H2,(H2,16,17)(H,18,21). The Morgan fingerprint density at radius 2 is 2.05 bits per heavy atom. The lowest BCUT2D eigenvalue weighted by atomic mass is 10.2. The number of hydrogen-bond acceptors (Lipinski definition) is 5. The average Bonchev–Trinajstić information content (AvgIpc) is 3.31. The van der Waals surface area contributed by atoms with Gasteiger partial charge in [-0.1, -0.05) is 0 Å². The van der Waals surface area contributed by atoms with Crippen LogP contribution in [0.3, 0.4) is 0 Å². The number of rotatable bonds is 5. The summed E-state index contributed by atoms with van der Waals surface area (Å²) in [5.41, 5.74) is 6.70. The molecule has 0 bridgehead atoms. The molecule has 0 spiro atoms. The van der Waals surface area contributed by atoms with Crippen LogP contribution < -0.4 is 16.0 Å². The molecular formula is C15H23N5O. The van der Waals surface area contributed by atoms with Gasteiger partial charge in [0.2, 0.25) is 5.91 Å². The predicted molar refractivity (Wildman–Crippen MR) is 83.0 cm³/mol. The average molecular weight is 289 g/mol. The van der Waals surface area contributed by atoms with Crippen molar-refractivity contribution in [2.45, 2.75) is 12.8 Å². The Kier molecular flexibility index (Phi) is 4.24. The summed E-state index contributed by atoms with van der Waals surface area (Å²) in [5, 5.41) is 3.02. The van der Waals surface area contributed by atoms with Crippen molar-refractivity contribution in [2.24, 2.45) is 5.92 Å². The molecule has 6 nitrogen and oxygen atoms in total. The first-order valence-corrected chi connectivity index (χ1v) is 7.66. The number of nitrogens with two attached hydrogens (primary N) is 1. The van der Waals surface area contributed by atoms with Crippen molar-refractivity contribution < 1.29 is 4.79 Å². The van der Waals surface area contributed by atoms with Crippen molar-refractivity contribution >= 4 is 17.4 Å². The van der Waals surface area contributed by atoms with E-state index in [-0.39, 0.29) is 5.91 Å². The first-order valence-electron chi connectivity index (χ1n) is 7.66. The Morgan fingerprint density at radius 1 is 1.29 bits per heavy atom. The van der Waals surface area contributed by atoms with Crippen LogP contribution in [-0.2, 0) is 4.79 Å². The van der Waals surface area contributed by atoms with Gasteiger partial charge in [0.15, 0.2) is 0 Å². The molecule has 1 saturated carbocycles. The fourth-order valence-corrected chi connectivity index (χ4v) is 2.59. The number of amides is 1. The molecule has 1 saturated heterocycles. The van der Waals surface area contributed by atoms with Crippen molar-refractivity contribution in [3.8, 4) is 0 Å². The normalized spacial score (nSPS) is 19.5. The Labute approximate surface area is 125 Å². The number of pyridine rings is 1. The van der Waals surface area contributed by atoms with Crippen LogP contribution in [0, 0.1) is 5.92 Å². The zero-order chi connectivity index (χ0) is 14.7. The van der Waals surface area contributed by atoms with E-state index in [4.69, 9.17) is 5.73 Å². The molecule has 0 unspecified atom stereocenters. The maximum absolute atomic E-state index is 11.8. The molecule has 1 aliphatic carbocycles. The molecular weight excluding hydrogens is 266 g/mol. The van der Waals surface area contributed by atoms with Gasteiger partial charge in [0.1, 0.15) is 5.82 Å². The van der Waals surface area contributed by atoms with Crippen molar-refractivity contribution in [1.29, 1.82) is 0 Å². The first-order chi connectivity index (χ1) is 10.2. The minimum Gasteiger partial charge on any atom is -0.384 e. The third-order valence-corrected chi connectivity index (χ3v) is 4.16. The van der Waals surface area contributed by atoms with Crippen molar-refractivity contribution in [1.82, 2.24) is 15.2 Å². The molecule has 2 aliphatic rings. The van der Waals surface area contributed by atoms with E-state index in [0.717, 1.165) is 44.3 Å². The number of anilines is 2. The highest BCUT2D eigenvalue weighted by Crippen LogP contribution is 2.27. The van der Waals surface area contributed by atoms with Gasteiger partial charge in [0.05, 0.1) is 18.4 Å². The SMILES string of the molecule is Nc1ccc(N2CCN(CC(=O)NCC3CC3)CC2)cn1. The van der Waals surface area contributed by atoms with Gasteiger partial charge in [0.25, 0.3) is 0 Å². The van der Waals surface area contributed by atoms with E-state index in [2.05, 4.69) is 20.1 Å². The number of hydrogen-bond donors (Lipinski definition) is 2. The van der Waals surface area contributed by atoms with Crippen LogP contribution >= 0.6 is 0 Å². The molecule has 3 N–H and O–H groups in total. The summed E-state index contributed by atoms with van der Waals surface area (Å²) >= 11 is 0. The van der Waals surface area contributed by atoms with Crippen LogP contribution in [0.25, 0.3) is 0 Å². The number of aromatic nitrogens is 1. The maximum atomic E-state index is 11.8. The summed E-state index contributed by atoms with van der Waals surface area (Å²) in [7, 11) is 0. The molecule has 0 atom stereocenters. The Bertz CT molecular complexity index is 477. The van der Waals surface area contributed by atoms with Gasteiger partial charge in [-0.2, -0.15) is 0 Å². The fourth-order valence-electron chi connectivity index (χ4n) is 2.59. The molecule has 2 fully saturated rings. The van der Waals surface area contributed by atoms with Crippen molar-refractivity contribution in [3.05, 3.63) is 18.3 Å². The Hall–Kier alpha value is -1.82. The van der Waals surface area contributed by atoms with E-state index in [9.17, 15) is 4.79 Å². The highest BCUT2D eigenvalue weighted by Gasteiger charge is 2.23. The van der Waals surface area contributed by atoms with E-state index >= 15 is 0 Å². The number of nitrogen functional groups attached to an aromatic ring is 1. The zero-order valence-electron chi connectivity index (χ0n) is 12.3. The summed E-state index contributed by atoms with van der Waals surface area (Å²) in [5.74, 6) is 1.44. The molecule has 1 aromatic heterocycles. The maximum Gasteiger partial charge on any atom is 0.234 e. The molecule has 0 radical (unpaired) electrons. The van der Waals surface area contributed by atoms with Crippen molar-refractivity contribution in [2.75, 3.05) is 49.9 Å². The van der Waals surface area contributed by atoms with E-state index in [1.807, 2.05) is 18.3 Å². The summed E-state index contributed by atoms with van der Waals surface area (Å²) in [6.45, 7) is 5.02. The highest BCUT2D eigenvalue weighted by atomic mass is 16.2. The largest absolute Gasteiger partial charge is 0.384 e. The van der Waals surface area contributed by atoms with E-state index < -0.39 is 0 Å². The minimum absolute atomic E-state index is 0.157. The van der Waals surface area contributed by atoms with Gasteiger partial charge in [-0.25, -0.2) is 4.98 Å². The molecule has 0 aromatic carbocycles. The van der Waals surface area contributed by atoms with Gasteiger partial charge in [-0.3, -0.25) is 9.69 Å². The third kappa shape index (κ3) is 4.07. The highest BCUT2D eigenvalue weighted by molar-refractivity contribution is 5.78. The topological polar surface area (TPSA) is 74.5 Å². The number of carbonyl (C=O) groups excluding carboxylic acids is 1. The second kappa shape index (κ2) is 6.30. The monoisotopic (exact) mass is 289 g/mol. The summed E-state index contributed by atoms with van der Waals surface area (Å²) in [6, 6.07) is 3.83. The smallest absolute Gasteiger partial charge is 0.234 e. The van der Waals surface area contributed by atoms with Gasteiger partial charge in [-0.05, 0) is 30.9 Å². The van der Waals surface area contributed by atoms with Crippen LogP contribution in [0.4, 0.5) is 11.5 Å². The van der Waals surface area contributed by atoms with Gasteiger partial charge in [0, 0.05) is 32.7 Å². The molecule has 21 heavy (non-hydrogen) atoms. The molecule has 6 heteroatoms. The quantitative estimate of drug-likeness (QED) is 0.816. The van der Waals surface area contributed by atoms with E-state index in [0.29, 0.717) is 12.4 Å². The van der Waals surface area contributed by atoms with Gasteiger partial charge < -0.3 is 16.0 Å². The number of carbonyl (C=O) groups is 1. The van der Waals surface area contributed by atoms with Crippen molar-refractivity contribution in [3.63, 3.8) is 0 Å². The molecule has 1 amide bonds. The summed E-state index contributed by atoms with van der Waals surface area (Å²) in [4.78, 5) is 20.5. The van der Waals surface area contributed by atoms with Crippen LogP contribution in [0.2, 0.25) is 0 Å². The first kappa shape index (κ1) is 14.1. The van der Waals surface area contributed by atoms with Crippen LogP contribution in [0.15, 0.2) is 18.3 Å². The fraction of sp³-hybridized carbons (Fsp3) is 0.600. The lowest BCUT2D eigenvalue weighted by Gasteiger charge is -2.35. The van der Waals surface area contributed by atoms with Crippen LogP contribution in [-0.4, -0.2) is 55.1 Å². The lowest BCUT2D eigenvalue weighted by Crippen LogP contribution is -2.49. The molecule has 2 heterocycles. The number of piperazine rings is 1. The zero-order valence-corrected chi connectivity index (χ0v) is 12.3. The summed E-state index contributed by atoms with van der Waals surface area (Å²) in [6.07, 6.45) is 4.36. The molecule has 114 valence electrons. The van der Waals surface area contributed by atoms with Crippen LogP contribution in [0.1, 0.15) is 12.8 Å². The summed E-state index contributed by atoms with van der Waals surface area (Å²) < 4.78 is 0. The Morgan fingerprint density at radius 3 is 2.67 bits per heavy atom. The van der Waals surface area contributed by atoms with E-state index in [1.165, 1.54) is 12.8 Å². The second-order valence-corrected chi connectivity index (χ2v) is 5.95. The van der Waals surface area contributed by atoms with Gasteiger partial charge >= 0.3 is 0 Å². The van der Waals surface area contributed by atoms with Crippen LogP contribution in [0.5, 0.6) is 0 Å². The predicted octanol–water partition coefficient (Wildman–Crippen LogP) is 0.312. The Balaban J connectivity index is 1.41. The number of nitrogens with zero attached hydrogens (tertiary/aromatic N) is 3.